The van der Waals surface area contributed by atoms with Crippen molar-refractivity contribution in [3.05, 3.63) is 65.1 Å². The number of aromatic nitrogens is 1. The topological polar surface area (TPSA) is 51.1 Å². The van der Waals surface area contributed by atoms with Crippen molar-refractivity contribution in [2.24, 2.45) is 0 Å². The number of halogens is 1. The second kappa shape index (κ2) is 7.12. The minimum atomic E-state index is -0.449. The van der Waals surface area contributed by atoms with Gasteiger partial charge in [-0.1, -0.05) is 32.0 Å². The molecule has 2 aromatic carbocycles. The van der Waals surface area contributed by atoms with Gasteiger partial charge in [0.05, 0.1) is 11.1 Å². The number of anilines is 1. The molecule has 0 saturated heterocycles. The van der Waals surface area contributed by atoms with Crippen LogP contribution < -0.4 is 5.32 Å². The third kappa shape index (κ3) is 3.12. The molecule has 26 heavy (non-hydrogen) atoms. The average Bonchev–Trinajstić information content (AvgIpc) is 3.00. The fraction of sp³-hybridized carbons (Fsp3) is 0.238. The fourth-order valence-electron chi connectivity index (χ4n) is 3.23. The summed E-state index contributed by atoms with van der Waals surface area (Å²) in [6, 6.07) is 10.1. The number of aryl methyl sites for hydroxylation is 2. The van der Waals surface area contributed by atoms with Gasteiger partial charge in [0, 0.05) is 24.2 Å². The van der Waals surface area contributed by atoms with Crippen LogP contribution in [0.2, 0.25) is 0 Å². The Morgan fingerprint density at radius 3 is 2.31 bits per heavy atom. The first-order chi connectivity index (χ1) is 12.5. The van der Waals surface area contributed by atoms with Gasteiger partial charge in [-0.25, -0.2) is 4.39 Å². The van der Waals surface area contributed by atoms with Crippen LogP contribution in [0, 0.1) is 5.82 Å². The third-order valence-corrected chi connectivity index (χ3v) is 4.59. The van der Waals surface area contributed by atoms with Crippen LogP contribution in [-0.2, 0) is 12.8 Å². The van der Waals surface area contributed by atoms with Crippen LogP contribution >= 0.6 is 0 Å². The van der Waals surface area contributed by atoms with Crippen molar-refractivity contribution in [2.45, 2.75) is 33.6 Å². The normalized spacial score (nSPS) is 10.9. The summed E-state index contributed by atoms with van der Waals surface area (Å²) < 4.78 is 14.9. The highest BCUT2D eigenvalue weighted by atomic mass is 19.1. The quantitative estimate of drug-likeness (QED) is 0.732. The van der Waals surface area contributed by atoms with Crippen LogP contribution in [0.15, 0.2) is 42.6 Å². The smallest absolute Gasteiger partial charge is 0.257 e. The van der Waals surface area contributed by atoms with Crippen LogP contribution in [0.3, 0.4) is 0 Å². The van der Waals surface area contributed by atoms with Crippen molar-refractivity contribution in [3.63, 3.8) is 0 Å². The van der Waals surface area contributed by atoms with Crippen molar-refractivity contribution in [3.8, 4) is 0 Å². The van der Waals surface area contributed by atoms with Gasteiger partial charge in [0.2, 0.25) is 5.91 Å². The molecule has 0 bridgehead atoms. The number of rotatable bonds is 4. The molecule has 0 unspecified atom stereocenters. The SMILES string of the molecule is CCc1cccc(CC)c1NC(=O)c1cn(C(C)=O)c2cc(F)ccc12. The van der Waals surface area contributed by atoms with Crippen LogP contribution in [0.5, 0.6) is 0 Å². The zero-order valence-corrected chi connectivity index (χ0v) is 15.1. The first kappa shape index (κ1) is 17.9. The van der Waals surface area contributed by atoms with Crippen LogP contribution in [-0.4, -0.2) is 16.4 Å². The summed E-state index contributed by atoms with van der Waals surface area (Å²) in [6.45, 7) is 5.46. The molecule has 0 saturated carbocycles. The molecule has 5 heteroatoms. The number of nitrogens with zero attached hydrogens (tertiary/aromatic N) is 1. The zero-order chi connectivity index (χ0) is 18.8. The van der Waals surface area contributed by atoms with Crippen LogP contribution in [0.1, 0.15) is 47.1 Å². The predicted molar refractivity (Wildman–Crippen MR) is 101 cm³/mol. The van der Waals surface area contributed by atoms with E-state index in [-0.39, 0.29) is 11.8 Å². The Labute approximate surface area is 151 Å². The zero-order valence-electron chi connectivity index (χ0n) is 15.1. The Balaban J connectivity index is 2.09. The molecule has 0 fully saturated rings. The molecule has 0 atom stereocenters. The Morgan fingerprint density at radius 2 is 1.73 bits per heavy atom. The molecule has 1 aromatic heterocycles. The minimum Gasteiger partial charge on any atom is -0.321 e. The van der Waals surface area contributed by atoms with Gasteiger partial charge in [-0.15, -0.1) is 0 Å². The number of carbonyl (C=O) groups excluding carboxylic acids is 2. The van der Waals surface area contributed by atoms with Gasteiger partial charge in [0.25, 0.3) is 5.91 Å². The molecule has 3 rings (SSSR count). The maximum Gasteiger partial charge on any atom is 0.257 e. The van der Waals surface area contributed by atoms with Gasteiger partial charge in [-0.2, -0.15) is 0 Å². The lowest BCUT2D eigenvalue weighted by atomic mass is 10.0. The maximum absolute atomic E-state index is 13.6. The Bertz CT molecular complexity index is 982. The first-order valence-corrected chi connectivity index (χ1v) is 8.69. The van der Waals surface area contributed by atoms with Crippen molar-refractivity contribution in [1.82, 2.24) is 4.57 Å². The summed E-state index contributed by atoms with van der Waals surface area (Å²) >= 11 is 0. The molecule has 0 radical (unpaired) electrons. The number of hydrogen-bond acceptors (Lipinski definition) is 2. The monoisotopic (exact) mass is 352 g/mol. The number of para-hydroxylation sites is 1. The summed E-state index contributed by atoms with van der Waals surface area (Å²) in [6.07, 6.45) is 3.07. The molecular weight excluding hydrogens is 331 g/mol. The lowest BCUT2D eigenvalue weighted by Crippen LogP contribution is -2.15. The van der Waals surface area contributed by atoms with Crippen LogP contribution in [0.4, 0.5) is 10.1 Å². The lowest BCUT2D eigenvalue weighted by Gasteiger charge is -2.14. The third-order valence-electron chi connectivity index (χ3n) is 4.59. The highest BCUT2D eigenvalue weighted by molar-refractivity contribution is 6.14. The van der Waals surface area contributed by atoms with E-state index in [1.165, 1.54) is 35.9 Å². The summed E-state index contributed by atoms with van der Waals surface area (Å²) in [5, 5.41) is 3.55. The van der Waals surface area contributed by atoms with Gasteiger partial charge < -0.3 is 5.32 Å². The maximum atomic E-state index is 13.6. The minimum absolute atomic E-state index is 0.275. The van der Waals surface area contributed by atoms with E-state index in [9.17, 15) is 14.0 Å². The molecule has 0 aliphatic carbocycles. The lowest BCUT2D eigenvalue weighted by molar-refractivity contribution is 0.0941. The predicted octanol–water partition coefficient (Wildman–Crippen LogP) is 4.82. The standard InChI is InChI=1S/C21H21FN2O2/c1-4-14-7-6-8-15(5-2)20(14)23-21(26)18-12-24(13(3)25)19-11-16(22)9-10-17(18)19/h6-12H,4-5H2,1-3H3,(H,23,26). The second-order valence-electron chi connectivity index (χ2n) is 6.21. The molecule has 0 aliphatic rings. The number of fused-ring (bicyclic) bond motifs is 1. The van der Waals surface area contributed by atoms with E-state index in [0.717, 1.165) is 29.7 Å². The van der Waals surface area contributed by atoms with Crippen molar-refractivity contribution in [2.75, 3.05) is 5.32 Å². The molecule has 1 amide bonds. The fourth-order valence-corrected chi connectivity index (χ4v) is 3.23. The number of benzene rings is 2. The van der Waals surface area contributed by atoms with Crippen LogP contribution in [0.25, 0.3) is 10.9 Å². The van der Waals surface area contributed by atoms with E-state index in [0.29, 0.717) is 16.5 Å². The number of nitrogens with one attached hydrogen (secondary N) is 1. The molecule has 4 nitrogen and oxygen atoms in total. The van der Waals surface area contributed by atoms with E-state index in [4.69, 9.17) is 0 Å². The van der Waals surface area contributed by atoms with Crippen molar-refractivity contribution >= 4 is 28.4 Å². The van der Waals surface area contributed by atoms with Gasteiger partial charge in [0.1, 0.15) is 5.82 Å². The highest BCUT2D eigenvalue weighted by Crippen LogP contribution is 2.27. The second-order valence-corrected chi connectivity index (χ2v) is 6.21. The summed E-state index contributed by atoms with van der Waals surface area (Å²) in [5.74, 6) is -1.03. The van der Waals surface area contributed by atoms with Gasteiger partial charge in [0.15, 0.2) is 0 Å². The van der Waals surface area contributed by atoms with E-state index in [1.54, 1.807) is 0 Å². The molecule has 0 spiro atoms. The summed E-state index contributed by atoms with van der Waals surface area (Å²) in [7, 11) is 0. The molecule has 3 aromatic rings. The van der Waals surface area contributed by atoms with E-state index < -0.39 is 5.82 Å². The average molecular weight is 352 g/mol. The molecule has 1 N–H and O–H groups in total. The first-order valence-electron chi connectivity index (χ1n) is 8.69. The Morgan fingerprint density at radius 1 is 1.08 bits per heavy atom. The van der Waals surface area contributed by atoms with E-state index in [2.05, 4.69) is 5.32 Å². The van der Waals surface area contributed by atoms with Crippen molar-refractivity contribution in [1.29, 1.82) is 0 Å². The molecular formula is C21H21FN2O2. The molecule has 0 aliphatic heterocycles. The Kier molecular flexibility index (Phi) is 4.89. The number of carbonyl (C=O) groups is 2. The largest absolute Gasteiger partial charge is 0.321 e. The van der Waals surface area contributed by atoms with E-state index >= 15 is 0 Å². The number of hydrogen-bond donors (Lipinski definition) is 1. The molecule has 134 valence electrons. The number of amides is 1. The van der Waals surface area contributed by atoms with Gasteiger partial charge >= 0.3 is 0 Å². The summed E-state index contributed by atoms with van der Waals surface area (Å²) in [4.78, 5) is 24.8. The van der Waals surface area contributed by atoms with Crippen molar-refractivity contribution < 1.29 is 14.0 Å². The van der Waals surface area contributed by atoms with Gasteiger partial charge in [-0.3, -0.25) is 14.2 Å². The van der Waals surface area contributed by atoms with Gasteiger partial charge in [-0.05, 0) is 42.2 Å². The highest BCUT2D eigenvalue weighted by Gasteiger charge is 2.19. The summed E-state index contributed by atoms with van der Waals surface area (Å²) in [5.41, 5.74) is 3.66. The molecule has 1 heterocycles. The Hall–Kier alpha value is -2.95. The van der Waals surface area contributed by atoms with E-state index in [1.807, 2.05) is 32.0 Å².